The van der Waals surface area contributed by atoms with Crippen molar-refractivity contribution in [2.45, 2.75) is 19.5 Å². The number of rotatable bonds is 1. The van der Waals surface area contributed by atoms with Crippen molar-refractivity contribution in [2.75, 3.05) is 13.6 Å². The van der Waals surface area contributed by atoms with Gasteiger partial charge in [0, 0.05) is 13.6 Å². The van der Waals surface area contributed by atoms with E-state index in [2.05, 4.69) is 0 Å². The first-order valence-corrected chi connectivity index (χ1v) is 4.13. The van der Waals surface area contributed by atoms with Crippen LogP contribution in [-0.4, -0.2) is 24.7 Å². The lowest BCUT2D eigenvalue weighted by Crippen LogP contribution is -2.31. The van der Waals surface area contributed by atoms with E-state index in [1.54, 1.807) is 6.08 Å². The summed E-state index contributed by atoms with van der Waals surface area (Å²) in [5, 5.41) is 0. The van der Waals surface area contributed by atoms with Gasteiger partial charge in [-0.25, -0.2) is 0 Å². The first kappa shape index (κ1) is 10.2. The summed E-state index contributed by atoms with van der Waals surface area (Å²) >= 11 is 0. The molecule has 0 saturated heterocycles. The van der Waals surface area contributed by atoms with Gasteiger partial charge in [-0.15, -0.1) is 0 Å². The maximum Gasteiger partial charge on any atom is 0.431 e. The van der Waals surface area contributed by atoms with Crippen LogP contribution in [0.15, 0.2) is 23.4 Å². The molecule has 0 unspecified atom stereocenters. The number of alkyl halides is 3. The molecule has 0 aromatic carbocycles. The van der Waals surface area contributed by atoms with Gasteiger partial charge in [0.1, 0.15) is 5.70 Å². The number of halogens is 3. The Balaban J connectivity index is 2.88. The highest BCUT2D eigenvalue weighted by molar-refractivity contribution is 5.26. The van der Waals surface area contributed by atoms with Crippen LogP contribution in [-0.2, 0) is 0 Å². The molecule has 0 bridgehead atoms. The molecule has 13 heavy (non-hydrogen) atoms. The summed E-state index contributed by atoms with van der Waals surface area (Å²) in [6, 6.07) is 0. The molecule has 4 heteroatoms. The van der Waals surface area contributed by atoms with Crippen LogP contribution in [0.5, 0.6) is 0 Å². The fraction of sp³-hybridized carbons (Fsp3) is 0.556. The average molecular weight is 191 g/mol. The molecule has 1 nitrogen and oxygen atoms in total. The number of hydrogen-bond acceptors (Lipinski definition) is 1. The third-order valence-corrected chi connectivity index (χ3v) is 2.07. The second-order valence-corrected chi connectivity index (χ2v) is 3.08. The maximum atomic E-state index is 12.3. The zero-order chi connectivity index (χ0) is 10.1. The summed E-state index contributed by atoms with van der Waals surface area (Å²) in [7, 11) is 1.46. The third-order valence-electron chi connectivity index (χ3n) is 2.07. The van der Waals surface area contributed by atoms with Crippen LogP contribution in [0.3, 0.4) is 0 Å². The van der Waals surface area contributed by atoms with Gasteiger partial charge in [-0.2, -0.15) is 13.2 Å². The molecule has 0 aliphatic carbocycles. The van der Waals surface area contributed by atoms with E-state index in [9.17, 15) is 13.2 Å². The smallest absolute Gasteiger partial charge is 0.367 e. The van der Waals surface area contributed by atoms with E-state index in [1.807, 2.05) is 6.92 Å². The van der Waals surface area contributed by atoms with E-state index >= 15 is 0 Å². The Labute approximate surface area is 75.5 Å². The SMILES string of the molecule is CCC1=CC=C(C(F)(F)F)N(C)C1. The normalized spacial score (nSPS) is 18.4. The van der Waals surface area contributed by atoms with Crippen molar-refractivity contribution in [2.24, 2.45) is 0 Å². The molecule has 0 amide bonds. The van der Waals surface area contributed by atoms with Crippen molar-refractivity contribution in [1.29, 1.82) is 0 Å². The van der Waals surface area contributed by atoms with Gasteiger partial charge in [0.25, 0.3) is 0 Å². The predicted molar refractivity (Wildman–Crippen MR) is 45.1 cm³/mol. The minimum absolute atomic E-state index is 0.377. The molecule has 0 fully saturated rings. The molecule has 0 atom stereocenters. The number of allylic oxidation sites excluding steroid dienone is 3. The molecule has 1 rings (SSSR count). The minimum Gasteiger partial charge on any atom is -0.367 e. The Morgan fingerprint density at radius 3 is 2.38 bits per heavy atom. The van der Waals surface area contributed by atoms with Gasteiger partial charge in [0.2, 0.25) is 0 Å². The Morgan fingerprint density at radius 2 is 2.00 bits per heavy atom. The quantitative estimate of drug-likeness (QED) is 0.616. The molecule has 0 N–H and O–H groups in total. The Morgan fingerprint density at radius 1 is 1.38 bits per heavy atom. The van der Waals surface area contributed by atoms with E-state index < -0.39 is 11.9 Å². The van der Waals surface area contributed by atoms with E-state index in [0.29, 0.717) is 6.54 Å². The zero-order valence-corrected chi connectivity index (χ0v) is 7.65. The highest BCUT2D eigenvalue weighted by Gasteiger charge is 2.36. The lowest BCUT2D eigenvalue weighted by atomic mass is 10.1. The summed E-state index contributed by atoms with van der Waals surface area (Å²) in [4.78, 5) is 1.23. The van der Waals surface area contributed by atoms with Crippen molar-refractivity contribution in [1.82, 2.24) is 4.90 Å². The number of nitrogens with zero attached hydrogens (tertiary/aromatic N) is 1. The van der Waals surface area contributed by atoms with Crippen LogP contribution in [0.1, 0.15) is 13.3 Å². The highest BCUT2D eigenvalue weighted by atomic mass is 19.4. The van der Waals surface area contributed by atoms with Gasteiger partial charge < -0.3 is 4.90 Å². The monoisotopic (exact) mass is 191 g/mol. The first-order chi connectivity index (χ1) is 5.95. The maximum absolute atomic E-state index is 12.3. The van der Waals surface area contributed by atoms with Gasteiger partial charge in [0.15, 0.2) is 0 Å². The van der Waals surface area contributed by atoms with Gasteiger partial charge in [-0.1, -0.05) is 18.6 Å². The lowest BCUT2D eigenvalue weighted by molar-refractivity contribution is -0.109. The molecule has 0 aromatic rings. The second-order valence-electron chi connectivity index (χ2n) is 3.08. The molecule has 1 aliphatic rings. The highest BCUT2D eigenvalue weighted by Crippen LogP contribution is 2.30. The van der Waals surface area contributed by atoms with Crippen LogP contribution in [0.25, 0.3) is 0 Å². The van der Waals surface area contributed by atoms with Crippen molar-refractivity contribution in [3.8, 4) is 0 Å². The van der Waals surface area contributed by atoms with Crippen molar-refractivity contribution in [3.05, 3.63) is 23.4 Å². The average Bonchev–Trinajstić information content (AvgIpc) is 2.01. The largest absolute Gasteiger partial charge is 0.431 e. The molecule has 0 saturated carbocycles. The van der Waals surface area contributed by atoms with Crippen LogP contribution in [0.4, 0.5) is 13.2 Å². The summed E-state index contributed by atoms with van der Waals surface area (Å²) in [5.41, 5.74) is 0.459. The summed E-state index contributed by atoms with van der Waals surface area (Å²) in [6.45, 7) is 2.31. The Bertz CT molecular complexity index is 250. The Hall–Kier alpha value is -0.930. The van der Waals surface area contributed by atoms with E-state index in [1.165, 1.54) is 11.9 Å². The molecular weight excluding hydrogens is 179 g/mol. The van der Waals surface area contributed by atoms with Crippen LogP contribution < -0.4 is 0 Å². The van der Waals surface area contributed by atoms with Crippen LogP contribution in [0.2, 0.25) is 0 Å². The minimum atomic E-state index is -4.23. The fourth-order valence-electron chi connectivity index (χ4n) is 1.31. The summed E-state index contributed by atoms with van der Waals surface area (Å²) in [6.07, 6.45) is -0.734. The molecule has 0 radical (unpaired) electrons. The first-order valence-electron chi connectivity index (χ1n) is 4.13. The van der Waals surface area contributed by atoms with Gasteiger partial charge in [0.05, 0.1) is 0 Å². The van der Waals surface area contributed by atoms with Crippen molar-refractivity contribution < 1.29 is 13.2 Å². The van der Waals surface area contributed by atoms with Gasteiger partial charge in [-0.05, 0) is 12.5 Å². The predicted octanol–water partition coefficient (Wildman–Crippen LogP) is 2.71. The van der Waals surface area contributed by atoms with Crippen LogP contribution >= 0.6 is 0 Å². The molecule has 0 spiro atoms. The molecular formula is C9H12F3N. The molecule has 1 heterocycles. The van der Waals surface area contributed by atoms with Gasteiger partial charge >= 0.3 is 6.18 Å². The molecule has 1 aliphatic heterocycles. The zero-order valence-electron chi connectivity index (χ0n) is 7.65. The summed E-state index contributed by atoms with van der Waals surface area (Å²) in [5.74, 6) is 0. The lowest BCUT2D eigenvalue weighted by Gasteiger charge is -2.28. The number of hydrogen-bond donors (Lipinski definition) is 0. The topological polar surface area (TPSA) is 3.24 Å². The fourth-order valence-corrected chi connectivity index (χ4v) is 1.31. The number of likely N-dealkylation sites (N-methyl/N-ethyl adjacent to an activating group) is 1. The Kier molecular flexibility index (Phi) is 2.68. The summed E-state index contributed by atoms with van der Waals surface area (Å²) < 4.78 is 36.9. The second kappa shape index (κ2) is 3.44. The van der Waals surface area contributed by atoms with E-state index in [4.69, 9.17) is 0 Å². The van der Waals surface area contributed by atoms with Crippen molar-refractivity contribution >= 4 is 0 Å². The third kappa shape index (κ3) is 2.26. The standard InChI is InChI=1S/C9H12F3N/c1-3-7-4-5-8(9(10,11)12)13(2)6-7/h4-5H,3,6H2,1-2H3. The van der Waals surface area contributed by atoms with Crippen molar-refractivity contribution in [3.63, 3.8) is 0 Å². The van der Waals surface area contributed by atoms with Gasteiger partial charge in [-0.3, -0.25) is 0 Å². The van der Waals surface area contributed by atoms with E-state index in [0.717, 1.165) is 18.1 Å². The van der Waals surface area contributed by atoms with E-state index in [-0.39, 0.29) is 0 Å². The van der Waals surface area contributed by atoms with Crippen LogP contribution in [0, 0.1) is 0 Å². The molecule has 0 aromatic heterocycles. The molecule has 74 valence electrons.